The third-order valence-corrected chi connectivity index (χ3v) is 5.36. The second kappa shape index (κ2) is 8.46. The lowest BCUT2D eigenvalue weighted by Crippen LogP contribution is -2.51. The predicted octanol–water partition coefficient (Wildman–Crippen LogP) is 3.28. The summed E-state index contributed by atoms with van der Waals surface area (Å²) in [6.45, 7) is 10.2. The molecular weight excluding hydrogens is 352 g/mol. The Morgan fingerprint density at radius 2 is 1.50 bits per heavy atom. The summed E-state index contributed by atoms with van der Waals surface area (Å²) in [7, 11) is 0. The van der Waals surface area contributed by atoms with Gasteiger partial charge in [-0.25, -0.2) is 0 Å². The van der Waals surface area contributed by atoms with Gasteiger partial charge in [0.15, 0.2) is 6.61 Å². The fraction of sp³-hybridized carbons (Fsp3) is 0.391. The van der Waals surface area contributed by atoms with Crippen molar-refractivity contribution in [3.8, 4) is 5.75 Å². The number of carbonyl (C=O) groups excluding carboxylic acids is 2. The molecule has 0 aliphatic carbocycles. The van der Waals surface area contributed by atoms with E-state index in [1.807, 2.05) is 69.0 Å². The van der Waals surface area contributed by atoms with Crippen molar-refractivity contribution in [3.63, 3.8) is 0 Å². The number of ether oxygens (including phenoxy) is 1. The summed E-state index contributed by atoms with van der Waals surface area (Å²) in [6.07, 6.45) is 0. The van der Waals surface area contributed by atoms with Crippen LogP contribution in [0.3, 0.4) is 0 Å². The van der Waals surface area contributed by atoms with Gasteiger partial charge in [-0.15, -0.1) is 0 Å². The SMILES string of the molecule is Cc1ccc(OCC(=O)N2CCN(C(=O)c3ccc(C)c(C)c3)CC2)c(C)c1. The number of carbonyl (C=O) groups is 2. The molecule has 2 aromatic rings. The smallest absolute Gasteiger partial charge is 0.260 e. The Hall–Kier alpha value is -2.82. The predicted molar refractivity (Wildman–Crippen MR) is 110 cm³/mol. The van der Waals surface area contributed by atoms with E-state index < -0.39 is 0 Å². The molecule has 0 spiro atoms. The fourth-order valence-corrected chi connectivity index (χ4v) is 3.41. The van der Waals surface area contributed by atoms with Crippen molar-refractivity contribution in [3.05, 3.63) is 64.2 Å². The standard InChI is InChI=1S/C23H28N2O3/c1-16-5-8-21(19(4)13-16)28-15-22(26)24-9-11-25(12-10-24)23(27)20-7-6-17(2)18(3)14-20/h5-8,13-14H,9-12,15H2,1-4H3. The molecule has 1 fully saturated rings. The monoisotopic (exact) mass is 380 g/mol. The quantitative estimate of drug-likeness (QED) is 0.818. The highest BCUT2D eigenvalue weighted by molar-refractivity contribution is 5.94. The van der Waals surface area contributed by atoms with Gasteiger partial charge in [-0.1, -0.05) is 23.8 Å². The second-order valence-electron chi connectivity index (χ2n) is 7.53. The molecule has 2 aromatic carbocycles. The lowest BCUT2D eigenvalue weighted by atomic mass is 10.1. The number of rotatable bonds is 4. The lowest BCUT2D eigenvalue weighted by Gasteiger charge is -2.34. The van der Waals surface area contributed by atoms with E-state index in [-0.39, 0.29) is 18.4 Å². The molecule has 28 heavy (non-hydrogen) atoms. The van der Waals surface area contributed by atoms with Gasteiger partial charge in [0.25, 0.3) is 11.8 Å². The maximum Gasteiger partial charge on any atom is 0.260 e. The number of hydrogen-bond donors (Lipinski definition) is 0. The van der Waals surface area contributed by atoms with Crippen molar-refractivity contribution in [1.82, 2.24) is 9.80 Å². The van der Waals surface area contributed by atoms with Crippen molar-refractivity contribution in [2.75, 3.05) is 32.8 Å². The zero-order valence-corrected chi connectivity index (χ0v) is 17.1. The Morgan fingerprint density at radius 1 is 0.821 bits per heavy atom. The highest BCUT2D eigenvalue weighted by Crippen LogP contribution is 2.19. The first-order valence-corrected chi connectivity index (χ1v) is 9.69. The molecule has 1 aliphatic rings. The maximum atomic E-state index is 12.7. The van der Waals surface area contributed by atoms with Crippen LogP contribution in [0.2, 0.25) is 0 Å². The summed E-state index contributed by atoms with van der Waals surface area (Å²) >= 11 is 0. The molecule has 0 saturated carbocycles. The van der Waals surface area contributed by atoms with Crippen LogP contribution in [0.15, 0.2) is 36.4 Å². The minimum absolute atomic E-state index is 0.0228. The molecule has 1 saturated heterocycles. The molecule has 0 aromatic heterocycles. The lowest BCUT2D eigenvalue weighted by molar-refractivity contribution is -0.134. The van der Waals surface area contributed by atoms with Gasteiger partial charge in [0.05, 0.1) is 0 Å². The van der Waals surface area contributed by atoms with Crippen LogP contribution in [0.25, 0.3) is 0 Å². The largest absolute Gasteiger partial charge is 0.484 e. The van der Waals surface area contributed by atoms with Crippen molar-refractivity contribution < 1.29 is 14.3 Å². The number of amides is 2. The van der Waals surface area contributed by atoms with Crippen LogP contribution in [0.1, 0.15) is 32.6 Å². The van der Waals surface area contributed by atoms with Crippen LogP contribution in [0, 0.1) is 27.7 Å². The van der Waals surface area contributed by atoms with E-state index in [1.54, 1.807) is 4.90 Å². The average Bonchev–Trinajstić information content (AvgIpc) is 2.69. The van der Waals surface area contributed by atoms with Gasteiger partial charge in [0.2, 0.25) is 0 Å². The molecule has 1 heterocycles. The van der Waals surface area contributed by atoms with E-state index in [0.29, 0.717) is 31.7 Å². The normalized spacial score (nSPS) is 14.1. The van der Waals surface area contributed by atoms with Gasteiger partial charge in [-0.3, -0.25) is 9.59 Å². The van der Waals surface area contributed by atoms with Gasteiger partial charge >= 0.3 is 0 Å². The number of nitrogens with zero attached hydrogens (tertiary/aromatic N) is 2. The van der Waals surface area contributed by atoms with Crippen LogP contribution in [0.4, 0.5) is 0 Å². The first kappa shape index (κ1) is 19.9. The second-order valence-corrected chi connectivity index (χ2v) is 7.53. The van der Waals surface area contributed by atoms with Gasteiger partial charge in [0, 0.05) is 31.7 Å². The molecule has 5 nitrogen and oxygen atoms in total. The van der Waals surface area contributed by atoms with E-state index in [1.165, 1.54) is 11.1 Å². The Morgan fingerprint density at radius 3 is 2.14 bits per heavy atom. The molecule has 148 valence electrons. The van der Waals surface area contributed by atoms with E-state index >= 15 is 0 Å². The van der Waals surface area contributed by atoms with E-state index in [0.717, 1.165) is 16.9 Å². The van der Waals surface area contributed by atoms with Crippen molar-refractivity contribution >= 4 is 11.8 Å². The third-order valence-electron chi connectivity index (χ3n) is 5.36. The van der Waals surface area contributed by atoms with Crippen LogP contribution >= 0.6 is 0 Å². The molecule has 0 radical (unpaired) electrons. The highest BCUT2D eigenvalue weighted by Gasteiger charge is 2.25. The molecule has 1 aliphatic heterocycles. The first-order valence-electron chi connectivity index (χ1n) is 9.69. The number of hydrogen-bond acceptors (Lipinski definition) is 3. The maximum absolute atomic E-state index is 12.7. The summed E-state index contributed by atoms with van der Waals surface area (Å²) in [4.78, 5) is 28.8. The summed E-state index contributed by atoms with van der Waals surface area (Å²) in [5.41, 5.74) is 5.19. The number of piperazine rings is 1. The van der Waals surface area contributed by atoms with Crippen LogP contribution in [-0.4, -0.2) is 54.4 Å². The number of aryl methyl sites for hydroxylation is 4. The van der Waals surface area contributed by atoms with Gasteiger partial charge < -0.3 is 14.5 Å². The van der Waals surface area contributed by atoms with Gasteiger partial charge in [0.1, 0.15) is 5.75 Å². The van der Waals surface area contributed by atoms with E-state index in [2.05, 4.69) is 0 Å². The average molecular weight is 380 g/mol. The zero-order valence-electron chi connectivity index (χ0n) is 17.1. The molecule has 5 heteroatoms. The molecule has 0 atom stereocenters. The van der Waals surface area contributed by atoms with Crippen molar-refractivity contribution in [2.24, 2.45) is 0 Å². The van der Waals surface area contributed by atoms with Crippen molar-refractivity contribution in [1.29, 1.82) is 0 Å². The third kappa shape index (κ3) is 4.53. The molecule has 2 amide bonds. The van der Waals surface area contributed by atoms with Gasteiger partial charge in [-0.2, -0.15) is 0 Å². The molecule has 0 bridgehead atoms. The van der Waals surface area contributed by atoms with Crippen molar-refractivity contribution in [2.45, 2.75) is 27.7 Å². The Labute approximate surface area is 166 Å². The minimum Gasteiger partial charge on any atom is -0.484 e. The fourth-order valence-electron chi connectivity index (χ4n) is 3.41. The van der Waals surface area contributed by atoms with Gasteiger partial charge in [-0.05, 0) is 62.6 Å². The van der Waals surface area contributed by atoms with Crippen LogP contribution < -0.4 is 4.74 Å². The summed E-state index contributed by atoms with van der Waals surface area (Å²) < 4.78 is 5.70. The van der Waals surface area contributed by atoms with Crippen LogP contribution in [-0.2, 0) is 4.79 Å². The molecule has 0 N–H and O–H groups in total. The van der Waals surface area contributed by atoms with E-state index in [4.69, 9.17) is 4.74 Å². The van der Waals surface area contributed by atoms with E-state index in [9.17, 15) is 9.59 Å². The highest BCUT2D eigenvalue weighted by atomic mass is 16.5. The van der Waals surface area contributed by atoms with Crippen LogP contribution in [0.5, 0.6) is 5.75 Å². The minimum atomic E-state index is -0.0433. The Balaban J connectivity index is 1.52. The topological polar surface area (TPSA) is 49.9 Å². The zero-order chi connectivity index (χ0) is 20.3. The Kier molecular flexibility index (Phi) is 6.02. The summed E-state index contributed by atoms with van der Waals surface area (Å²) in [5.74, 6) is 0.725. The molecule has 3 rings (SSSR count). The number of benzene rings is 2. The first-order chi connectivity index (χ1) is 13.3. The summed E-state index contributed by atoms with van der Waals surface area (Å²) in [5, 5.41) is 0. The summed E-state index contributed by atoms with van der Waals surface area (Å²) in [6, 6.07) is 11.7. The Bertz CT molecular complexity index is 883. The molecular formula is C23H28N2O3. The molecule has 0 unspecified atom stereocenters.